The van der Waals surface area contributed by atoms with Crippen molar-refractivity contribution in [2.45, 2.75) is 57.7 Å². The predicted octanol–water partition coefficient (Wildman–Crippen LogP) is 4.41. The maximum Gasteiger partial charge on any atom is 0.226 e. The first-order valence-electron chi connectivity index (χ1n) is 9.74. The molecule has 27 heavy (non-hydrogen) atoms. The summed E-state index contributed by atoms with van der Waals surface area (Å²) < 4.78 is 11.2. The molecule has 144 valence electrons. The van der Waals surface area contributed by atoms with E-state index in [0.29, 0.717) is 30.9 Å². The Hall–Kier alpha value is -2.08. The van der Waals surface area contributed by atoms with Crippen molar-refractivity contribution in [3.05, 3.63) is 40.3 Å². The fourth-order valence-electron chi connectivity index (χ4n) is 3.72. The van der Waals surface area contributed by atoms with E-state index in [2.05, 4.69) is 10.3 Å². The van der Waals surface area contributed by atoms with E-state index >= 15 is 0 Å². The molecule has 0 bridgehead atoms. The number of nitrogens with zero attached hydrogens (tertiary/aromatic N) is 2. The van der Waals surface area contributed by atoms with Crippen LogP contribution in [0.1, 0.15) is 49.2 Å². The van der Waals surface area contributed by atoms with E-state index in [1.165, 1.54) is 12.8 Å². The minimum atomic E-state index is 0.234. The standard InChI is InChI=1S/C21H26N2O3S/c1-25-18-8-4-5-9-19(18)26-13-20-22-16(14-27-20)12-23(17-10-11-17)21(24)15-6-2-3-7-15/h4-5,8-9,14-15,17H,2-3,6-7,10-13H2,1H3. The van der Waals surface area contributed by atoms with E-state index in [1.807, 2.05) is 24.3 Å². The molecule has 0 unspecified atom stereocenters. The van der Waals surface area contributed by atoms with Crippen molar-refractivity contribution >= 4 is 17.2 Å². The quantitative estimate of drug-likeness (QED) is 0.674. The predicted molar refractivity (Wildman–Crippen MR) is 105 cm³/mol. The van der Waals surface area contributed by atoms with Gasteiger partial charge in [-0.05, 0) is 37.8 Å². The van der Waals surface area contributed by atoms with Gasteiger partial charge in [-0.25, -0.2) is 4.98 Å². The second-order valence-electron chi connectivity index (χ2n) is 7.35. The summed E-state index contributed by atoms with van der Waals surface area (Å²) in [6.07, 6.45) is 6.75. The second-order valence-corrected chi connectivity index (χ2v) is 8.29. The van der Waals surface area contributed by atoms with Gasteiger partial charge < -0.3 is 14.4 Å². The molecule has 0 N–H and O–H groups in total. The Morgan fingerprint density at radius 1 is 1.19 bits per heavy atom. The molecule has 1 aromatic carbocycles. The molecule has 6 heteroatoms. The van der Waals surface area contributed by atoms with Gasteiger partial charge in [0.2, 0.25) is 5.91 Å². The molecule has 0 saturated heterocycles. The molecule has 1 aromatic heterocycles. The smallest absolute Gasteiger partial charge is 0.226 e. The number of para-hydroxylation sites is 2. The molecule has 2 aromatic rings. The summed E-state index contributed by atoms with van der Waals surface area (Å²) in [5.74, 6) is 2.01. The third kappa shape index (κ3) is 4.43. The lowest BCUT2D eigenvalue weighted by Gasteiger charge is -2.24. The van der Waals surface area contributed by atoms with Crippen molar-refractivity contribution in [1.29, 1.82) is 0 Å². The summed E-state index contributed by atoms with van der Waals surface area (Å²) in [6.45, 7) is 1.04. The molecular formula is C21H26N2O3S. The van der Waals surface area contributed by atoms with Gasteiger partial charge >= 0.3 is 0 Å². The van der Waals surface area contributed by atoms with Crippen LogP contribution in [0.15, 0.2) is 29.6 Å². The number of benzene rings is 1. The van der Waals surface area contributed by atoms with Crippen LogP contribution in [-0.4, -0.2) is 28.9 Å². The third-order valence-electron chi connectivity index (χ3n) is 5.33. The molecule has 2 fully saturated rings. The average molecular weight is 387 g/mol. The number of carbonyl (C=O) groups excluding carboxylic acids is 1. The lowest BCUT2D eigenvalue weighted by molar-refractivity contribution is -0.136. The largest absolute Gasteiger partial charge is 0.493 e. The Labute approximate surface area is 164 Å². The van der Waals surface area contributed by atoms with E-state index in [9.17, 15) is 4.79 Å². The Morgan fingerprint density at radius 3 is 2.63 bits per heavy atom. The monoisotopic (exact) mass is 386 g/mol. The Kier molecular flexibility index (Phi) is 5.62. The van der Waals surface area contributed by atoms with Gasteiger partial charge in [-0.2, -0.15) is 0 Å². The van der Waals surface area contributed by atoms with Gasteiger partial charge in [0.25, 0.3) is 0 Å². The van der Waals surface area contributed by atoms with Crippen molar-refractivity contribution in [3.63, 3.8) is 0 Å². The zero-order valence-corrected chi connectivity index (χ0v) is 16.5. The third-order valence-corrected chi connectivity index (χ3v) is 6.20. The molecule has 0 spiro atoms. The number of amides is 1. The molecule has 0 aliphatic heterocycles. The molecule has 2 aliphatic rings. The van der Waals surface area contributed by atoms with Crippen molar-refractivity contribution in [2.24, 2.45) is 5.92 Å². The molecule has 1 amide bonds. The molecule has 1 heterocycles. The SMILES string of the molecule is COc1ccccc1OCc1nc(CN(C(=O)C2CCCC2)C2CC2)cs1. The van der Waals surface area contributed by atoms with E-state index in [-0.39, 0.29) is 5.92 Å². The van der Waals surface area contributed by atoms with Gasteiger partial charge in [-0.3, -0.25) is 4.79 Å². The molecule has 4 rings (SSSR count). The summed E-state index contributed by atoms with van der Waals surface area (Å²) in [7, 11) is 1.64. The number of ether oxygens (including phenoxy) is 2. The number of hydrogen-bond donors (Lipinski definition) is 0. The molecule has 5 nitrogen and oxygen atoms in total. The van der Waals surface area contributed by atoms with Crippen LogP contribution in [0.4, 0.5) is 0 Å². The number of rotatable bonds is 8. The maximum atomic E-state index is 12.9. The zero-order chi connectivity index (χ0) is 18.6. The summed E-state index contributed by atoms with van der Waals surface area (Å²) in [5.41, 5.74) is 0.969. The van der Waals surface area contributed by atoms with Crippen LogP contribution < -0.4 is 9.47 Å². The van der Waals surface area contributed by atoms with Crippen LogP contribution in [0.2, 0.25) is 0 Å². The number of aromatic nitrogens is 1. The van der Waals surface area contributed by atoms with Gasteiger partial charge in [0, 0.05) is 17.3 Å². The fourth-order valence-corrected chi connectivity index (χ4v) is 4.42. The molecular weight excluding hydrogens is 360 g/mol. The zero-order valence-electron chi connectivity index (χ0n) is 15.7. The van der Waals surface area contributed by atoms with Crippen LogP contribution in [0.5, 0.6) is 11.5 Å². The number of hydrogen-bond acceptors (Lipinski definition) is 5. The maximum absolute atomic E-state index is 12.9. The molecule has 0 radical (unpaired) electrons. The van der Waals surface area contributed by atoms with Gasteiger partial charge in [0.15, 0.2) is 11.5 Å². The molecule has 0 atom stereocenters. The van der Waals surface area contributed by atoms with Crippen molar-refractivity contribution in [1.82, 2.24) is 9.88 Å². The molecule has 2 saturated carbocycles. The minimum absolute atomic E-state index is 0.234. The first kappa shape index (κ1) is 18.3. The van der Waals surface area contributed by atoms with Gasteiger partial charge in [0.05, 0.1) is 19.3 Å². The topological polar surface area (TPSA) is 51.7 Å². The first-order chi connectivity index (χ1) is 13.2. The summed E-state index contributed by atoms with van der Waals surface area (Å²) in [6, 6.07) is 8.04. The lowest BCUT2D eigenvalue weighted by atomic mass is 10.1. The van der Waals surface area contributed by atoms with E-state index in [1.54, 1.807) is 18.4 Å². The van der Waals surface area contributed by atoms with Crippen molar-refractivity contribution in [3.8, 4) is 11.5 Å². The highest BCUT2D eigenvalue weighted by molar-refractivity contribution is 7.09. The van der Waals surface area contributed by atoms with E-state index in [0.717, 1.165) is 42.1 Å². The minimum Gasteiger partial charge on any atom is -0.493 e. The molecule has 2 aliphatic carbocycles. The van der Waals surface area contributed by atoms with Crippen LogP contribution in [0.3, 0.4) is 0 Å². The highest BCUT2D eigenvalue weighted by atomic mass is 32.1. The average Bonchev–Trinajstić information content (AvgIpc) is 3.20. The van der Waals surface area contributed by atoms with Crippen LogP contribution in [-0.2, 0) is 17.9 Å². The lowest BCUT2D eigenvalue weighted by Crippen LogP contribution is -2.36. The Morgan fingerprint density at radius 2 is 1.93 bits per heavy atom. The highest BCUT2D eigenvalue weighted by Crippen LogP contribution is 2.34. The Bertz CT molecular complexity index is 781. The Balaban J connectivity index is 1.37. The van der Waals surface area contributed by atoms with Gasteiger partial charge in [-0.15, -0.1) is 11.3 Å². The van der Waals surface area contributed by atoms with E-state index < -0.39 is 0 Å². The summed E-state index contributed by atoms with van der Waals surface area (Å²) >= 11 is 1.59. The fraction of sp³-hybridized carbons (Fsp3) is 0.524. The van der Waals surface area contributed by atoms with Gasteiger partial charge in [-0.1, -0.05) is 25.0 Å². The van der Waals surface area contributed by atoms with Crippen LogP contribution in [0.25, 0.3) is 0 Å². The van der Waals surface area contributed by atoms with Gasteiger partial charge in [0.1, 0.15) is 11.6 Å². The summed E-state index contributed by atoms with van der Waals surface area (Å²) in [4.78, 5) is 19.7. The van der Waals surface area contributed by atoms with Crippen LogP contribution in [0, 0.1) is 5.92 Å². The number of carbonyl (C=O) groups is 1. The van der Waals surface area contributed by atoms with E-state index in [4.69, 9.17) is 14.5 Å². The van der Waals surface area contributed by atoms with Crippen LogP contribution >= 0.6 is 11.3 Å². The number of thiazole rings is 1. The van der Waals surface area contributed by atoms with Crippen molar-refractivity contribution < 1.29 is 14.3 Å². The second kappa shape index (κ2) is 8.30. The first-order valence-corrected chi connectivity index (χ1v) is 10.6. The normalized spacial score (nSPS) is 17.1. The highest BCUT2D eigenvalue weighted by Gasteiger charge is 2.36. The van der Waals surface area contributed by atoms with Crippen molar-refractivity contribution in [2.75, 3.05) is 7.11 Å². The number of methoxy groups -OCH3 is 1. The summed E-state index contributed by atoms with van der Waals surface area (Å²) in [5, 5.41) is 2.97.